The fourth-order valence-corrected chi connectivity index (χ4v) is 5.94. The molecule has 24 heavy (non-hydrogen) atoms. The third kappa shape index (κ3) is 4.13. The molecule has 0 aliphatic rings. The second-order valence-corrected chi connectivity index (χ2v) is 9.93. The van der Waals surface area contributed by atoms with Crippen molar-refractivity contribution in [3.05, 3.63) is 87.7 Å². The molecule has 0 spiro atoms. The van der Waals surface area contributed by atoms with E-state index in [4.69, 9.17) is 0 Å². The van der Waals surface area contributed by atoms with Crippen LogP contribution in [-0.4, -0.2) is 12.7 Å². The lowest BCUT2D eigenvalue weighted by Crippen LogP contribution is -2.29. The van der Waals surface area contributed by atoms with Gasteiger partial charge in [-0.25, -0.2) is 8.42 Å². The molecule has 0 fully saturated rings. The highest BCUT2D eigenvalue weighted by Gasteiger charge is 2.26. The lowest BCUT2D eigenvalue weighted by molar-refractivity contribution is 0.402. The Labute approximate surface area is 154 Å². The molecule has 3 aromatic rings. The molecule has 0 radical (unpaired) electrons. The minimum Gasteiger partial charge on any atom is -0.206 e. The van der Waals surface area contributed by atoms with Crippen LogP contribution in [0, 0.1) is 0 Å². The molecule has 1 aromatic heterocycles. The minimum absolute atomic E-state index is 0.341. The van der Waals surface area contributed by atoms with Gasteiger partial charge in [-0.2, -0.15) is 4.31 Å². The van der Waals surface area contributed by atoms with Crippen molar-refractivity contribution in [3.8, 4) is 0 Å². The highest BCUT2D eigenvalue weighted by atomic mass is 79.9. The van der Waals surface area contributed by atoms with E-state index in [0.29, 0.717) is 17.3 Å². The van der Waals surface area contributed by atoms with E-state index >= 15 is 0 Å². The van der Waals surface area contributed by atoms with Crippen LogP contribution >= 0.6 is 27.3 Å². The van der Waals surface area contributed by atoms with Gasteiger partial charge >= 0.3 is 0 Å². The van der Waals surface area contributed by atoms with E-state index in [-0.39, 0.29) is 0 Å². The molecule has 3 nitrogen and oxygen atoms in total. The van der Waals surface area contributed by atoms with Gasteiger partial charge in [-0.15, -0.1) is 11.3 Å². The monoisotopic (exact) mass is 421 g/mol. The van der Waals surface area contributed by atoms with Crippen molar-refractivity contribution >= 4 is 37.3 Å². The van der Waals surface area contributed by atoms with Crippen LogP contribution in [0.5, 0.6) is 0 Å². The van der Waals surface area contributed by atoms with E-state index in [1.807, 2.05) is 60.7 Å². The minimum atomic E-state index is -3.55. The molecule has 0 saturated heterocycles. The summed E-state index contributed by atoms with van der Waals surface area (Å²) in [6.45, 7) is 0.682. The summed E-state index contributed by atoms with van der Waals surface area (Å²) in [7, 11) is -3.55. The Hall–Kier alpha value is -1.47. The summed E-state index contributed by atoms with van der Waals surface area (Å²) in [6, 6.07) is 22.7. The predicted octanol–water partition coefficient (Wildman–Crippen LogP) is 4.90. The Morgan fingerprint density at radius 1 is 0.792 bits per heavy atom. The van der Waals surface area contributed by atoms with Gasteiger partial charge in [0.05, 0.1) is 3.79 Å². The number of sulfonamides is 1. The number of halogens is 1. The van der Waals surface area contributed by atoms with Crippen LogP contribution in [-0.2, 0) is 23.1 Å². The number of thiophene rings is 1. The fraction of sp³-hybridized carbons (Fsp3) is 0.111. The first kappa shape index (κ1) is 17.4. The lowest BCUT2D eigenvalue weighted by Gasteiger charge is -2.21. The molecule has 0 bridgehead atoms. The van der Waals surface area contributed by atoms with Crippen LogP contribution in [0.1, 0.15) is 11.1 Å². The first-order valence-corrected chi connectivity index (χ1v) is 10.4. The summed E-state index contributed by atoms with van der Waals surface area (Å²) in [6.07, 6.45) is 0. The Bertz CT molecular complexity index is 852. The van der Waals surface area contributed by atoms with E-state index in [9.17, 15) is 8.42 Å². The molecule has 0 aliphatic heterocycles. The first-order chi connectivity index (χ1) is 11.6. The molecule has 2 aromatic carbocycles. The average molecular weight is 422 g/mol. The third-order valence-electron chi connectivity index (χ3n) is 3.55. The SMILES string of the molecule is O=S(=O)(c1ccc(Br)s1)N(Cc1ccccc1)Cc1ccccc1. The van der Waals surface area contributed by atoms with Crippen LogP contribution < -0.4 is 0 Å². The second-order valence-electron chi connectivity index (χ2n) is 5.30. The number of hydrogen-bond donors (Lipinski definition) is 0. The van der Waals surface area contributed by atoms with Gasteiger partial charge in [0.15, 0.2) is 0 Å². The maximum Gasteiger partial charge on any atom is 0.253 e. The molecule has 6 heteroatoms. The Morgan fingerprint density at radius 2 is 1.29 bits per heavy atom. The predicted molar refractivity (Wildman–Crippen MR) is 101 cm³/mol. The molecule has 3 rings (SSSR count). The molecule has 0 amide bonds. The smallest absolute Gasteiger partial charge is 0.206 e. The van der Waals surface area contributed by atoms with Gasteiger partial charge in [0.1, 0.15) is 4.21 Å². The van der Waals surface area contributed by atoms with E-state index < -0.39 is 10.0 Å². The number of rotatable bonds is 6. The van der Waals surface area contributed by atoms with Gasteiger partial charge in [0, 0.05) is 13.1 Å². The number of hydrogen-bond acceptors (Lipinski definition) is 3. The highest BCUT2D eigenvalue weighted by molar-refractivity contribution is 9.11. The van der Waals surface area contributed by atoms with Crippen molar-refractivity contribution in [2.45, 2.75) is 17.3 Å². The van der Waals surface area contributed by atoms with Crippen LogP contribution in [0.15, 0.2) is 80.8 Å². The molecule has 0 unspecified atom stereocenters. The van der Waals surface area contributed by atoms with Crippen molar-refractivity contribution in [2.75, 3.05) is 0 Å². The Morgan fingerprint density at radius 3 is 1.71 bits per heavy atom. The number of nitrogens with zero attached hydrogens (tertiary/aromatic N) is 1. The van der Waals surface area contributed by atoms with Crippen molar-refractivity contribution in [1.82, 2.24) is 4.31 Å². The topological polar surface area (TPSA) is 37.4 Å². The molecule has 124 valence electrons. The summed E-state index contributed by atoms with van der Waals surface area (Å²) < 4.78 is 28.8. The standard InChI is InChI=1S/C18H16BrNO2S2/c19-17-11-12-18(23-17)24(21,22)20(13-15-7-3-1-4-8-15)14-16-9-5-2-6-10-16/h1-12H,13-14H2. The first-order valence-electron chi connectivity index (χ1n) is 7.39. The average Bonchev–Trinajstić information content (AvgIpc) is 3.03. The van der Waals surface area contributed by atoms with Gasteiger partial charge < -0.3 is 0 Å². The second kappa shape index (κ2) is 7.61. The molecule has 0 saturated carbocycles. The summed E-state index contributed by atoms with van der Waals surface area (Å²) >= 11 is 4.57. The molecule has 0 atom stereocenters. The van der Waals surface area contributed by atoms with Gasteiger partial charge in [0.25, 0.3) is 10.0 Å². The van der Waals surface area contributed by atoms with E-state index in [1.54, 1.807) is 12.1 Å². The largest absolute Gasteiger partial charge is 0.253 e. The van der Waals surface area contributed by atoms with Crippen molar-refractivity contribution in [3.63, 3.8) is 0 Å². The van der Waals surface area contributed by atoms with Gasteiger partial charge in [-0.05, 0) is 39.2 Å². The summed E-state index contributed by atoms with van der Waals surface area (Å²) in [4.78, 5) is 0. The summed E-state index contributed by atoms with van der Waals surface area (Å²) in [5, 5.41) is 0. The van der Waals surface area contributed by atoms with Gasteiger partial charge in [0.2, 0.25) is 0 Å². The van der Waals surface area contributed by atoms with Crippen molar-refractivity contribution < 1.29 is 8.42 Å². The quantitative estimate of drug-likeness (QED) is 0.567. The molecule has 0 aliphatic carbocycles. The Kier molecular flexibility index (Phi) is 5.50. The Balaban J connectivity index is 1.94. The molecule has 0 N–H and O–H groups in total. The van der Waals surface area contributed by atoms with Crippen LogP contribution in [0.3, 0.4) is 0 Å². The third-order valence-corrected chi connectivity index (χ3v) is 7.43. The zero-order valence-electron chi connectivity index (χ0n) is 12.8. The normalized spacial score (nSPS) is 11.8. The zero-order chi connectivity index (χ0) is 17.0. The fourth-order valence-electron chi connectivity index (χ4n) is 2.36. The summed E-state index contributed by atoms with van der Waals surface area (Å²) in [5.74, 6) is 0. The van der Waals surface area contributed by atoms with E-state index in [1.165, 1.54) is 15.6 Å². The van der Waals surface area contributed by atoms with Crippen LogP contribution in [0.25, 0.3) is 0 Å². The molecule has 1 heterocycles. The summed E-state index contributed by atoms with van der Waals surface area (Å²) in [5.41, 5.74) is 1.93. The highest BCUT2D eigenvalue weighted by Crippen LogP contribution is 2.30. The zero-order valence-corrected chi connectivity index (χ0v) is 16.0. The van der Waals surface area contributed by atoms with Crippen LogP contribution in [0.2, 0.25) is 0 Å². The van der Waals surface area contributed by atoms with Gasteiger partial charge in [-0.3, -0.25) is 0 Å². The van der Waals surface area contributed by atoms with Crippen LogP contribution in [0.4, 0.5) is 0 Å². The van der Waals surface area contributed by atoms with Gasteiger partial charge in [-0.1, -0.05) is 60.7 Å². The van der Waals surface area contributed by atoms with Crippen molar-refractivity contribution in [1.29, 1.82) is 0 Å². The number of benzene rings is 2. The van der Waals surface area contributed by atoms with E-state index in [2.05, 4.69) is 15.9 Å². The van der Waals surface area contributed by atoms with E-state index in [0.717, 1.165) is 14.9 Å². The lowest BCUT2D eigenvalue weighted by atomic mass is 10.2. The van der Waals surface area contributed by atoms with Crippen molar-refractivity contribution in [2.24, 2.45) is 0 Å². The maximum atomic E-state index is 13.1. The maximum absolute atomic E-state index is 13.1. The molecular weight excluding hydrogens is 406 g/mol. The molecular formula is C18H16BrNO2S2.